The zero-order valence-electron chi connectivity index (χ0n) is 16.0. The predicted molar refractivity (Wildman–Crippen MR) is 119 cm³/mol. The zero-order chi connectivity index (χ0) is 19.1. The molecule has 152 valence electrons. The van der Waals surface area contributed by atoms with E-state index in [-0.39, 0.29) is 29.5 Å². The van der Waals surface area contributed by atoms with E-state index in [1.165, 1.54) is 18.2 Å². The molecule has 0 atom stereocenters. The van der Waals surface area contributed by atoms with Crippen LogP contribution in [0.15, 0.2) is 47.6 Å². The van der Waals surface area contributed by atoms with Gasteiger partial charge in [-0.25, -0.2) is 8.78 Å². The first kappa shape index (κ1) is 22.5. The van der Waals surface area contributed by atoms with Gasteiger partial charge in [-0.05, 0) is 37.1 Å². The Bertz CT molecular complexity index is 757. The molecule has 1 heterocycles. The van der Waals surface area contributed by atoms with Crippen molar-refractivity contribution in [2.75, 3.05) is 20.1 Å². The molecule has 3 rings (SSSR count). The Morgan fingerprint density at radius 1 is 1.07 bits per heavy atom. The second kappa shape index (κ2) is 10.7. The van der Waals surface area contributed by atoms with Gasteiger partial charge in [0, 0.05) is 49.4 Å². The Kier molecular flexibility index (Phi) is 8.59. The van der Waals surface area contributed by atoms with E-state index < -0.39 is 17.0 Å². The topological polar surface area (TPSA) is 49.3 Å². The molecule has 2 aromatic rings. The van der Waals surface area contributed by atoms with Crippen molar-refractivity contribution in [3.63, 3.8) is 0 Å². The molecule has 0 amide bonds. The summed E-state index contributed by atoms with van der Waals surface area (Å²) < 4.78 is 28.8. The maximum absolute atomic E-state index is 14.4. The average Bonchev–Trinajstić information content (AvgIpc) is 3.15. The summed E-state index contributed by atoms with van der Waals surface area (Å²) in [5, 5.41) is 6.53. The van der Waals surface area contributed by atoms with Gasteiger partial charge < -0.3 is 10.6 Å². The van der Waals surface area contributed by atoms with Crippen LogP contribution < -0.4 is 10.6 Å². The van der Waals surface area contributed by atoms with E-state index in [1.54, 1.807) is 13.2 Å². The SMILES string of the molecule is CN=C(NCCc1ccccn1)NCC1(c2c(F)cccc2F)CCCC1.I. The molecule has 0 unspecified atom stereocenters. The van der Waals surface area contributed by atoms with E-state index in [4.69, 9.17) is 0 Å². The lowest BCUT2D eigenvalue weighted by Gasteiger charge is -2.31. The minimum Gasteiger partial charge on any atom is -0.356 e. The van der Waals surface area contributed by atoms with Gasteiger partial charge in [0.15, 0.2) is 5.96 Å². The maximum atomic E-state index is 14.4. The second-order valence-corrected chi connectivity index (χ2v) is 7.01. The third kappa shape index (κ3) is 5.40. The number of rotatable bonds is 6. The first-order chi connectivity index (χ1) is 13.1. The van der Waals surface area contributed by atoms with E-state index in [0.29, 0.717) is 19.0 Å². The normalized spacial score (nSPS) is 15.8. The smallest absolute Gasteiger partial charge is 0.191 e. The predicted octanol–water partition coefficient (Wildman–Crippen LogP) is 4.20. The van der Waals surface area contributed by atoms with E-state index in [0.717, 1.165) is 37.8 Å². The van der Waals surface area contributed by atoms with E-state index >= 15 is 0 Å². The molecule has 4 nitrogen and oxygen atoms in total. The summed E-state index contributed by atoms with van der Waals surface area (Å²) in [4.78, 5) is 8.53. The van der Waals surface area contributed by atoms with E-state index in [9.17, 15) is 8.78 Å². The van der Waals surface area contributed by atoms with Gasteiger partial charge in [0.1, 0.15) is 11.6 Å². The van der Waals surface area contributed by atoms with Crippen molar-refractivity contribution in [3.05, 3.63) is 65.5 Å². The van der Waals surface area contributed by atoms with Crippen molar-refractivity contribution < 1.29 is 8.78 Å². The summed E-state index contributed by atoms with van der Waals surface area (Å²) in [6, 6.07) is 9.94. The molecule has 0 spiro atoms. The monoisotopic (exact) mass is 500 g/mol. The number of nitrogens with zero attached hydrogens (tertiary/aromatic N) is 2. The molecule has 0 aliphatic heterocycles. The number of halogens is 3. The maximum Gasteiger partial charge on any atom is 0.191 e. The van der Waals surface area contributed by atoms with Crippen LogP contribution in [0.1, 0.15) is 36.9 Å². The molecule has 1 aliphatic rings. The molecule has 0 bridgehead atoms. The van der Waals surface area contributed by atoms with Crippen molar-refractivity contribution >= 4 is 29.9 Å². The fraction of sp³-hybridized carbons (Fsp3) is 0.429. The van der Waals surface area contributed by atoms with Gasteiger partial charge in [0.05, 0.1) is 0 Å². The van der Waals surface area contributed by atoms with Crippen molar-refractivity contribution in [1.82, 2.24) is 15.6 Å². The number of aromatic nitrogens is 1. The lowest BCUT2D eigenvalue weighted by molar-refractivity contribution is 0.386. The molecule has 2 N–H and O–H groups in total. The Morgan fingerprint density at radius 2 is 1.79 bits per heavy atom. The van der Waals surface area contributed by atoms with Crippen molar-refractivity contribution in [1.29, 1.82) is 0 Å². The summed E-state index contributed by atoms with van der Waals surface area (Å²) in [7, 11) is 1.70. The van der Waals surface area contributed by atoms with Gasteiger partial charge in [0.25, 0.3) is 0 Å². The average molecular weight is 500 g/mol. The molecule has 1 aromatic carbocycles. The lowest BCUT2D eigenvalue weighted by Crippen LogP contribution is -2.45. The van der Waals surface area contributed by atoms with Crippen LogP contribution in [0, 0.1) is 11.6 Å². The highest BCUT2D eigenvalue weighted by atomic mass is 127. The van der Waals surface area contributed by atoms with Crippen molar-refractivity contribution in [3.8, 4) is 0 Å². The van der Waals surface area contributed by atoms with Gasteiger partial charge in [-0.15, -0.1) is 24.0 Å². The Balaban J connectivity index is 0.00000280. The van der Waals surface area contributed by atoms with Gasteiger partial charge in [-0.2, -0.15) is 0 Å². The molecule has 1 fully saturated rings. The lowest BCUT2D eigenvalue weighted by atomic mass is 9.78. The summed E-state index contributed by atoms with van der Waals surface area (Å²) in [5.74, 6) is -0.289. The van der Waals surface area contributed by atoms with Crippen LogP contribution in [0.3, 0.4) is 0 Å². The summed E-state index contributed by atoms with van der Waals surface area (Å²) in [5.41, 5.74) is 0.675. The molecule has 1 aromatic heterocycles. The van der Waals surface area contributed by atoms with Crippen LogP contribution in [0.4, 0.5) is 8.78 Å². The second-order valence-electron chi connectivity index (χ2n) is 7.01. The summed E-state index contributed by atoms with van der Waals surface area (Å²) >= 11 is 0. The Hall–Kier alpha value is -1.77. The summed E-state index contributed by atoms with van der Waals surface area (Å²) in [6.07, 6.45) is 6.03. The third-order valence-electron chi connectivity index (χ3n) is 5.27. The molecular formula is C21H27F2IN4. The van der Waals surface area contributed by atoms with Gasteiger partial charge in [0.2, 0.25) is 0 Å². The Labute approximate surface area is 182 Å². The summed E-state index contributed by atoms with van der Waals surface area (Å²) in [6.45, 7) is 1.13. The first-order valence-corrected chi connectivity index (χ1v) is 9.43. The zero-order valence-corrected chi connectivity index (χ0v) is 18.4. The number of aliphatic imine (C=N–C) groups is 1. The first-order valence-electron chi connectivity index (χ1n) is 9.43. The number of benzene rings is 1. The number of nitrogens with one attached hydrogen (secondary N) is 2. The van der Waals surface area contributed by atoms with E-state index in [2.05, 4.69) is 20.6 Å². The van der Waals surface area contributed by atoms with E-state index in [1.807, 2.05) is 18.2 Å². The number of hydrogen-bond acceptors (Lipinski definition) is 2. The fourth-order valence-corrected chi connectivity index (χ4v) is 3.90. The standard InChI is InChI=1S/C21H26F2N4.HI/c1-24-20(26-14-10-16-7-2-5-13-25-16)27-15-21(11-3-4-12-21)19-17(22)8-6-9-18(19)23;/h2,5-9,13H,3-4,10-12,14-15H2,1H3,(H2,24,26,27);1H. The van der Waals surface area contributed by atoms with Crippen LogP contribution in [0.2, 0.25) is 0 Å². The van der Waals surface area contributed by atoms with Crippen molar-refractivity contribution in [2.45, 2.75) is 37.5 Å². The van der Waals surface area contributed by atoms with Gasteiger partial charge >= 0.3 is 0 Å². The highest BCUT2D eigenvalue weighted by molar-refractivity contribution is 14.0. The largest absolute Gasteiger partial charge is 0.356 e. The molecule has 0 saturated heterocycles. The Morgan fingerprint density at radius 3 is 2.39 bits per heavy atom. The third-order valence-corrected chi connectivity index (χ3v) is 5.27. The molecule has 28 heavy (non-hydrogen) atoms. The fourth-order valence-electron chi connectivity index (χ4n) is 3.90. The van der Waals surface area contributed by atoms with Crippen LogP contribution in [-0.4, -0.2) is 31.1 Å². The van der Waals surface area contributed by atoms with Crippen LogP contribution in [0.5, 0.6) is 0 Å². The molecule has 7 heteroatoms. The van der Waals surface area contributed by atoms with Crippen LogP contribution in [-0.2, 0) is 11.8 Å². The highest BCUT2D eigenvalue weighted by Crippen LogP contribution is 2.42. The molecular weight excluding hydrogens is 473 g/mol. The van der Waals surface area contributed by atoms with Gasteiger partial charge in [-0.3, -0.25) is 9.98 Å². The van der Waals surface area contributed by atoms with Crippen molar-refractivity contribution in [2.24, 2.45) is 4.99 Å². The molecule has 0 radical (unpaired) electrons. The minimum absolute atomic E-state index is 0. The highest BCUT2D eigenvalue weighted by Gasteiger charge is 2.39. The van der Waals surface area contributed by atoms with Crippen LogP contribution in [0.25, 0.3) is 0 Å². The molecule has 1 aliphatic carbocycles. The molecule has 1 saturated carbocycles. The number of pyridine rings is 1. The number of guanidine groups is 1. The van der Waals surface area contributed by atoms with Crippen LogP contribution >= 0.6 is 24.0 Å². The number of hydrogen-bond donors (Lipinski definition) is 2. The van der Waals surface area contributed by atoms with Gasteiger partial charge in [-0.1, -0.05) is 25.0 Å². The quantitative estimate of drug-likeness (QED) is 0.355. The minimum atomic E-state index is -0.534.